The van der Waals surface area contributed by atoms with Crippen LogP contribution in [0.2, 0.25) is 0 Å². The molecule has 0 radical (unpaired) electrons. The van der Waals surface area contributed by atoms with Crippen molar-refractivity contribution in [2.45, 2.75) is 32.4 Å². The molecule has 1 heterocycles. The van der Waals surface area contributed by atoms with Gasteiger partial charge in [-0.05, 0) is 13.3 Å². The summed E-state index contributed by atoms with van der Waals surface area (Å²) in [6.07, 6.45) is 0.614. The average molecular weight is 275 g/mol. The second-order valence-electron chi connectivity index (χ2n) is 3.63. The van der Waals surface area contributed by atoms with Gasteiger partial charge in [0.2, 0.25) is 11.8 Å². The Morgan fingerprint density at radius 1 is 1.60 bits per heavy atom. The number of hydrogen-bond donors (Lipinski definition) is 1. The third kappa shape index (κ3) is 2.59. The van der Waals surface area contributed by atoms with Crippen LogP contribution < -0.4 is 5.32 Å². The van der Waals surface area contributed by atoms with E-state index in [9.17, 15) is 9.59 Å². The smallest absolute Gasteiger partial charge is 0.246 e. The quantitative estimate of drug-likeness (QED) is 0.836. The lowest BCUT2D eigenvalue weighted by Gasteiger charge is -2.36. The minimum absolute atomic E-state index is 0.0369. The third-order valence-electron chi connectivity index (χ3n) is 2.49. The molecule has 15 heavy (non-hydrogen) atoms. The molecule has 0 aromatic rings. The molecular weight excluding hydrogens is 260 g/mol. The van der Waals surface area contributed by atoms with E-state index in [4.69, 9.17) is 0 Å². The van der Waals surface area contributed by atoms with Crippen molar-refractivity contribution in [2.75, 3.05) is 6.54 Å². The minimum atomic E-state index is -0.422. The number of hydrogen-bond acceptors (Lipinski definition) is 2. The predicted molar refractivity (Wildman–Crippen MR) is 61.5 cm³/mol. The first-order valence-electron chi connectivity index (χ1n) is 4.91. The van der Waals surface area contributed by atoms with E-state index in [2.05, 4.69) is 27.8 Å². The van der Waals surface area contributed by atoms with Crippen molar-refractivity contribution in [2.24, 2.45) is 0 Å². The number of halogens is 1. The molecule has 1 saturated heterocycles. The van der Waals surface area contributed by atoms with Gasteiger partial charge >= 0.3 is 0 Å². The van der Waals surface area contributed by atoms with Crippen molar-refractivity contribution < 1.29 is 9.59 Å². The SMILES string of the molecule is C=C(Br)CN1C(=O)C(CC)NC(=O)C1C. The second-order valence-corrected chi connectivity index (χ2v) is 4.75. The first-order chi connectivity index (χ1) is 6.97. The maximum atomic E-state index is 11.9. The molecule has 2 unspecified atom stereocenters. The molecule has 84 valence electrons. The van der Waals surface area contributed by atoms with Crippen LogP contribution in [-0.4, -0.2) is 35.3 Å². The van der Waals surface area contributed by atoms with Gasteiger partial charge in [-0.15, -0.1) is 0 Å². The van der Waals surface area contributed by atoms with E-state index in [0.29, 0.717) is 17.4 Å². The molecule has 0 spiro atoms. The van der Waals surface area contributed by atoms with Crippen LogP contribution in [0.3, 0.4) is 0 Å². The monoisotopic (exact) mass is 274 g/mol. The highest BCUT2D eigenvalue weighted by Gasteiger charge is 2.36. The molecule has 1 fully saturated rings. The summed E-state index contributed by atoms with van der Waals surface area (Å²) in [7, 11) is 0. The maximum Gasteiger partial charge on any atom is 0.246 e. The maximum absolute atomic E-state index is 11.9. The summed E-state index contributed by atoms with van der Waals surface area (Å²) < 4.78 is 0.701. The Hall–Kier alpha value is -0.840. The van der Waals surface area contributed by atoms with E-state index in [1.165, 1.54) is 0 Å². The summed E-state index contributed by atoms with van der Waals surface area (Å²) in [6, 6.07) is -0.810. The fourth-order valence-electron chi connectivity index (χ4n) is 1.56. The number of amides is 2. The lowest BCUT2D eigenvalue weighted by molar-refractivity contribution is -0.148. The Labute approximate surface area is 97.8 Å². The molecule has 2 atom stereocenters. The molecule has 0 aliphatic carbocycles. The summed E-state index contributed by atoms with van der Waals surface area (Å²) in [4.78, 5) is 25.0. The van der Waals surface area contributed by atoms with Crippen LogP contribution in [0, 0.1) is 0 Å². The number of carbonyl (C=O) groups is 2. The summed E-state index contributed by atoms with van der Waals surface area (Å²) in [5.41, 5.74) is 0. The van der Waals surface area contributed by atoms with Crippen LogP contribution >= 0.6 is 15.9 Å². The van der Waals surface area contributed by atoms with Crippen molar-refractivity contribution in [3.8, 4) is 0 Å². The fraction of sp³-hybridized carbons (Fsp3) is 0.600. The van der Waals surface area contributed by atoms with Crippen molar-refractivity contribution in [1.82, 2.24) is 10.2 Å². The molecule has 5 heteroatoms. The summed E-state index contributed by atoms with van der Waals surface area (Å²) in [6.45, 7) is 7.66. The number of nitrogens with zero attached hydrogens (tertiary/aromatic N) is 1. The van der Waals surface area contributed by atoms with Gasteiger partial charge in [0.25, 0.3) is 0 Å². The van der Waals surface area contributed by atoms with Gasteiger partial charge in [0, 0.05) is 4.48 Å². The zero-order chi connectivity index (χ0) is 11.6. The van der Waals surface area contributed by atoms with Crippen molar-refractivity contribution >= 4 is 27.7 Å². The Balaban J connectivity index is 2.84. The highest BCUT2D eigenvalue weighted by Crippen LogP contribution is 2.15. The molecule has 1 aliphatic rings. The predicted octanol–water partition coefficient (Wildman–Crippen LogP) is 1.02. The molecule has 0 saturated carbocycles. The normalized spacial score (nSPS) is 26.5. The van der Waals surface area contributed by atoms with Gasteiger partial charge in [-0.25, -0.2) is 0 Å². The van der Waals surface area contributed by atoms with Crippen LogP contribution in [-0.2, 0) is 9.59 Å². The summed E-state index contributed by atoms with van der Waals surface area (Å²) in [5.74, 6) is -0.139. The molecule has 1 aliphatic heterocycles. The number of piperazine rings is 1. The van der Waals surface area contributed by atoms with Crippen LogP contribution in [0.25, 0.3) is 0 Å². The lowest BCUT2D eigenvalue weighted by Crippen LogP contribution is -2.62. The largest absolute Gasteiger partial charge is 0.343 e. The highest BCUT2D eigenvalue weighted by atomic mass is 79.9. The third-order valence-corrected chi connectivity index (χ3v) is 2.75. The van der Waals surface area contributed by atoms with Crippen LogP contribution in [0.1, 0.15) is 20.3 Å². The Kier molecular flexibility index (Phi) is 3.90. The number of rotatable bonds is 3. The average Bonchev–Trinajstić information content (AvgIpc) is 2.18. The zero-order valence-corrected chi connectivity index (χ0v) is 10.5. The van der Waals surface area contributed by atoms with E-state index < -0.39 is 6.04 Å². The van der Waals surface area contributed by atoms with E-state index >= 15 is 0 Å². The first-order valence-corrected chi connectivity index (χ1v) is 5.70. The Morgan fingerprint density at radius 2 is 2.20 bits per heavy atom. The molecule has 0 aromatic heterocycles. The van der Waals surface area contributed by atoms with E-state index in [1.54, 1.807) is 11.8 Å². The van der Waals surface area contributed by atoms with Gasteiger partial charge in [0.05, 0.1) is 6.54 Å². The molecule has 0 aromatic carbocycles. The van der Waals surface area contributed by atoms with E-state index in [-0.39, 0.29) is 17.9 Å². The standard InChI is InChI=1S/C10H15BrN2O2/c1-4-8-10(15)13(5-6(2)11)7(3)9(14)12-8/h7-8H,2,4-5H2,1,3H3,(H,12,14). The molecule has 4 nitrogen and oxygen atoms in total. The van der Waals surface area contributed by atoms with Gasteiger partial charge in [0.1, 0.15) is 12.1 Å². The molecule has 0 bridgehead atoms. The minimum Gasteiger partial charge on any atom is -0.343 e. The van der Waals surface area contributed by atoms with E-state index in [1.807, 2.05) is 6.92 Å². The second kappa shape index (κ2) is 4.79. The molecule has 2 amide bonds. The van der Waals surface area contributed by atoms with Crippen LogP contribution in [0.15, 0.2) is 11.1 Å². The molecule has 1 N–H and O–H groups in total. The summed E-state index contributed by atoms with van der Waals surface area (Å²) in [5, 5.41) is 2.69. The summed E-state index contributed by atoms with van der Waals surface area (Å²) >= 11 is 3.21. The van der Waals surface area contributed by atoms with Gasteiger partial charge in [0.15, 0.2) is 0 Å². The van der Waals surface area contributed by atoms with Crippen molar-refractivity contribution in [3.05, 3.63) is 11.1 Å². The Morgan fingerprint density at radius 3 is 2.67 bits per heavy atom. The van der Waals surface area contributed by atoms with Gasteiger partial charge in [-0.3, -0.25) is 9.59 Å². The van der Waals surface area contributed by atoms with E-state index in [0.717, 1.165) is 0 Å². The van der Waals surface area contributed by atoms with Gasteiger partial charge in [-0.2, -0.15) is 0 Å². The van der Waals surface area contributed by atoms with Crippen molar-refractivity contribution in [1.29, 1.82) is 0 Å². The lowest BCUT2D eigenvalue weighted by atomic mass is 10.1. The Bertz CT molecular complexity index is 304. The topological polar surface area (TPSA) is 49.4 Å². The molecule has 1 rings (SSSR count). The van der Waals surface area contributed by atoms with Gasteiger partial charge in [-0.1, -0.05) is 29.4 Å². The zero-order valence-electron chi connectivity index (χ0n) is 8.92. The number of nitrogens with one attached hydrogen (secondary N) is 1. The molecular formula is C10H15BrN2O2. The van der Waals surface area contributed by atoms with Crippen molar-refractivity contribution in [3.63, 3.8) is 0 Å². The highest BCUT2D eigenvalue weighted by molar-refractivity contribution is 9.11. The van der Waals surface area contributed by atoms with Crippen LogP contribution in [0.5, 0.6) is 0 Å². The van der Waals surface area contributed by atoms with Gasteiger partial charge < -0.3 is 10.2 Å². The fourth-order valence-corrected chi connectivity index (χ4v) is 1.83. The van der Waals surface area contributed by atoms with Crippen LogP contribution in [0.4, 0.5) is 0 Å². The first kappa shape index (κ1) is 12.2. The number of carbonyl (C=O) groups excluding carboxylic acids is 2.